The Morgan fingerprint density at radius 3 is 2.55 bits per heavy atom. The van der Waals surface area contributed by atoms with Crippen molar-refractivity contribution in [3.8, 4) is 0 Å². The van der Waals surface area contributed by atoms with E-state index in [9.17, 15) is 24.5 Å². The number of carboxylic acid groups (broad SMARTS) is 1. The number of aryl methyl sites for hydroxylation is 1. The molecule has 2 aromatic rings. The first kappa shape index (κ1) is 25.2. The van der Waals surface area contributed by atoms with E-state index in [4.69, 9.17) is 5.11 Å². The molecule has 0 aliphatic heterocycles. The molecular weight excluding hydrogens is 432 g/mol. The quantitative estimate of drug-likeness (QED) is 0.198. The highest BCUT2D eigenvalue weighted by atomic mass is 16.6. The summed E-state index contributed by atoms with van der Waals surface area (Å²) in [5, 5.41) is 28.4. The second-order valence-corrected chi connectivity index (χ2v) is 7.25. The fourth-order valence-corrected chi connectivity index (χ4v) is 2.98. The van der Waals surface area contributed by atoms with Gasteiger partial charge in [0, 0.05) is 37.0 Å². The first-order chi connectivity index (χ1) is 15.8. The SMILES string of the molecule is Cc1ccc(C(CC(=O)O)NC(=O)CNC(=O)CCCCNc2ncccn2)cc1[N+](=O)[O-]. The summed E-state index contributed by atoms with van der Waals surface area (Å²) in [6, 6.07) is 5.01. The molecule has 12 nitrogen and oxygen atoms in total. The van der Waals surface area contributed by atoms with Crippen LogP contribution in [0.1, 0.15) is 42.9 Å². The number of hydrogen-bond acceptors (Lipinski definition) is 8. The number of rotatable bonds is 13. The average molecular weight is 458 g/mol. The summed E-state index contributed by atoms with van der Waals surface area (Å²) < 4.78 is 0. The minimum absolute atomic E-state index is 0.168. The number of anilines is 1. The third-order valence-electron chi connectivity index (χ3n) is 4.67. The van der Waals surface area contributed by atoms with E-state index in [1.54, 1.807) is 25.4 Å². The fourth-order valence-electron chi connectivity index (χ4n) is 2.98. The Balaban J connectivity index is 1.79. The zero-order valence-electron chi connectivity index (χ0n) is 18.1. The van der Waals surface area contributed by atoms with E-state index >= 15 is 0 Å². The zero-order chi connectivity index (χ0) is 24.2. The van der Waals surface area contributed by atoms with Crippen LogP contribution in [-0.2, 0) is 14.4 Å². The van der Waals surface area contributed by atoms with Gasteiger partial charge in [-0.2, -0.15) is 0 Å². The number of nitrogens with zero attached hydrogens (tertiary/aromatic N) is 3. The van der Waals surface area contributed by atoms with Gasteiger partial charge in [0.05, 0.1) is 23.9 Å². The van der Waals surface area contributed by atoms with Crippen molar-refractivity contribution in [3.05, 3.63) is 57.9 Å². The summed E-state index contributed by atoms with van der Waals surface area (Å²) in [5.74, 6) is -1.59. The van der Waals surface area contributed by atoms with Crippen molar-refractivity contribution in [2.75, 3.05) is 18.4 Å². The van der Waals surface area contributed by atoms with Crippen LogP contribution < -0.4 is 16.0 Å². The molecule has 0 aliphatic carbocycles. The van der Waals surface area contributed by atoms with Gasteiger partial charge >= 0.3 is 5.97 Å². The van der Waals surface area contributed by atoms with Crippen LogP contribution in [0.4, 0.5) is 11.6 Å². The molecular formula is C21H26N6O6. The van der Waals surface area contributed by atoms with Crippen molar-refractivity contribution in [2.45, 2.75) is 38.6 Å². The highest BCUT2D eigenvalue weighted by Gasteiger charge is 2.21. The number of nitrogens with one attached hydrogen (secondary N) is 3. The maximum absolute atomic E-state index is 12.3. The molecule has 0 saturated heterocycles. The van der Waals surface area contributed by atoms with Gasteiger partial charge in [-0.3, -0.25) is 24.5 Å². The lowest BCUT2D eigenvalue weighted by Crippen LogP contribution is -2.39. The Kier molecular flexibility index (Phi) is 9.68. The maximum atomic E-state index is 12.3. The first-order valence-electron chi connectivity index (χ1n) is 10.3. The second kappa shape index (κ2) is 12.7. The van der Waals surface area contributed by atoms with Crippen LogP contribution in [0, 0.1) is 17.0 Å². The topological polar surface area (TPSA) is 176 Å². The molecule has 0 aliphatic rings. The van der Waals surface area contributed by atoms with Crippen molar-refractivity contribution in [1.82, 2.24) is 20.6 Å². The fraction of sp³-hybridized carbons (Fsp3) is 0.381. The Morgan fingerprint density at radius 2 is 1.88 bits per heavy atom. The first-order valence-corrected chi connectivity index (χ1v) is 10.3. The highest BCUT2D eigenvalue weighted by molar-refractivity contribution is 5.85. The summed E-state index contributed by atoms with van der Waals surface area (Å²) in [5.41, 5.74) is 0.547. The minimum atomic E-state index is -1.18. The molecule has 0 saturated carbocycles. The van der Waals surface area contributed by atoms with Gasteiger partial charge in [0.15, 0.2) is 0 Å². The molecule has 1 aromatic carbocycles. The molecule has 2 amide bonds. The smallest absolute Gasteiger partial charge is 0.305 e. The number of amides is 2. The average Bonchev–Trinajstić information content (AvgIpc) is 2.77. The largest absolute Gasteiger partial charge is 0.481 e. The molecule has 1 atom stereocenters. The minimum Gasteiger partial charge on any atom is -0.481 e. The van der Waals surface area contributed by atoms with E-state index in [1.807, 2.05) is 0 Å². The number of unbranched alkanes of at least 4 members (excludes halogenated alkanes) is 1. The van der Waals surface area contributed by atoms with Gasteiger partial charge in [-0.25, -0.2) is 9.97 Å². The molecule has 0 spiro atoms. The molecule has 1 aromatic heterocycles. The number of hydrogen-bond donors (Lipinski definition) is 4. The van der Waals surface area contributed by atoms with Crippen LogP contribution >= 0.6 is 0 Å². The highest BCUT2D eigenvalue weighted by Crippen LogP contribution is 2.25. The van der Waals surface area contributed by atoms with Crippen molar-refractivity contribution in [1.29, 1.82) is 0 Å². The maximum Gasteiger partial charge on any atom is 0.305 e. The number of nitro benzene ring substituents is 1. The van der Waals surface area contributed by atoms with Crippen molar-refractivity contribution in [2.24, 2.45) is 0 Å². The monoisotopic (exact) mass is 458 g/mol. The van der Waals surface area contributed by atoms with Gasteiger partial charge in [-0.15, -0.1) is 0 Å². The van der Waals surface area contributed by atoms with E-state index in [2.05, 4.69) is 25.9 Å². The van der Waals surface area contributed by atoms with Crippen LogP contribution in [0.5, 0.6) is 0 Å². The molecule has 176 valence electrons. The van der Waals surface area contributed by atoms with E-state index < -0.39 is 29.3 Å². The van der Waals surface area contributed by atoms with E-state index in [-0.39, 0.29) is 24.6 Å². The van der Waals surface area contributed by atoms with Gasteiger partial charge in [-0.05, 0) is 31.4 Å². The molecule has 0 fully saturated rings. The third kappa shape index (κ3) is 8.89. The molecule has 0 radical (unpaired) electrons. The molecule has 2 rings (SSSR count). The van der Waals surface area contributed by atoms with Crippen LogP contribution in [-0.4, -0.2) is 50.9 Å². The van der Waals surface area contributed by atoms with Crippen molar-refractivity contribution in [3.63, 3.8) is 0 Å². The van der Waals surface area contributed by atoms with Gasteiger partial charge in [0.25, 0.3) is 5.69 Å². The zero-order valence-corrected chi connectivity index (χ0v) is 18.1. The number of carboxylic acids is 1. The number of carbonyl (C=O) groups excluding carboxylic acids is 2. The van der Waals surface area contributed by atoms with Crippen LogP contribution in [0.2, 0.25) is 0 Å². The normalized spacial score (nSPS) is 11.3. The summed E-state index contributed by atoms with van der Waals surface area (Å²) in [7, 11) is 0. The van der Waals surface area contributed by atoms with Gasteiger partial charge in [-0.1, -0.05) is 12.1 Å². The molecule has 4 N–H and O–H groups in total. The predicted octanol–water partition coefficient (Wildman–Crippen LogP) is 1.72. The number of carbonyl (C=O) groups is 3. The van der Waals surface area contributed by atoms with Crippen LogP contribution in [0.15, 0.2) is 36.7 Å². The molecule has 1 heterocycles. The number of benzene rings is 1. The molecule has 0 bridgehead atoms. The number of aromatic nitrogens is 2. The summed E-state index contributed by atoms with van der Waals surface area (Å²) in [6.45, 7) is 1.82. The van der Waals surface area contributed by atoms with E-state index in [0.29, 0.717) is 36.5 Å². The van der Waals surface area contributed by atoms with Gasteiger partial charge in [0.1, 0.15) is 0 Å². The Morgan fingerprint density at radius 1 is 1.15 bits per heavy atom. The van der Waals surface area contributed by atoms with Crippen molar-refractivity contribution >= 4 is 29.4 Å². The number of nitro groups is 1. The van der Waals surface area contributed by atoms with Gasteiger partial charge < -0.3 is 21.1 Å². The predicted molar refractivity (Wildman–Crippen MR) is 118 cm³/mol. The summed E-state index contributed by atoms with van der Waals surface area (Å²) in [6.07, 6.45) is 4.28. The Labute approximate surface area is 190 Å². The second-order valence-electron chi connectivity index (χ2n) is 7.25. The lowest BCUT2D eigenvalue weighted by atomic mass is 10.0. The number of aliphatic carboxylic acids is 1. The lowest BCUT2D eigenvalue weighted by Gasteiger charge is -2.18. The van der Waals surface area contributed by atoms with Crippen LogP contribution in [0.3, 0.4) is 0 Å². The van der Waals surface area contributed by atoms with Crippen molar-refractivity contribution < 1.29 is 24.4 Å². The Bertz CT molecular complexity index is 984. The molecule has 1 unspecified atom stereocenters. The lowest BCUT2D eigenvalue weighted by molar-refractivity contribution is -0.385. The standard InChI is InChI=1S/C21H26N6O6/c1-14-6-7-15(11-17(14)27(32)33)16(12-20(30)31)26-19(29)13-25-18(28)5-2-3-8-22-21-23-9-4-10-24-21/h4,6-7,9-11,16H,2-3,5,8,12-13H2,1H3,(H,25,28)(H,26,29)(H,30,31)(H,22,23,24). The summed E-state index contributed by atoms with van der Waals surface area (Å²) in [4.78, 5) is 54.1. The van der Waals surface area contributed by atoms with Gasteiger partial charge in [0.2, 0.25) is 17.8 Å². The summed E-state index contributed by atoms with van der Waals surface area (Å²) >= 11 is 0. The van der Waals surface area contributed by atoms with Crippen LogP contribution in [0.25, 0.3) is 0 Å². The third-order valence-corrected chi connectivity index (χ3v) is 4.67. The molecule has 33 heavy (non-hydrogen) atoms. The van der Waals surface area contributed by atoms with E-state index in [1.165, 1.54) is 18.2 Å². The Hall–Kier alpha value is -4.09. The van der Waals surface area contributed by atoms with E-state index in [0.717, 1.165) is 0 Å². The molecule has 12 heteroatoms.